The molecular formula is C16H11BrFNO. The third-order valence-corrected chi connectivity index (χ3v) is 3.52. The van der Waals surface area contributed by atoms with E-state index in [0.29, 0.717) is 17.0 Å². The first kappa shape index (κ1) is 13.1. The maximum atomic E-state index is 13.2. The van der Waals surface area contributed by atoms with Crippen LogP contribution in [0.2, 0.25) is 0 Å². The summed E-state index contributed by atoms with van der Waals surface area (Å²) in [5.74, 6) is 0.602. The van der Waals surface area contributed by atoms with E-state index >= 15 is 0 Å². The van der Waals surface area contributed by atoms with Gasteiger partial charge in [0.15, 0.2) is 0 Å². The molecule has 0 radical (unpaired) electrons. The second kappa shape index (κ2) is 5.59. The molecule has 0 saturated carbocycles. The van der Waals surface area contributed by atoms with E-state index in [1.165, 1.54) is 12.1 Å². The van der Waals surface area contributed by atoms with Gasteiger partial charge in [0.2, 0.25) is 5.88 Å². The summed E-state index contributed by atoms with van der Waals surface area (Å²) in [6.45, 7) is 0. The number of hydrogen-bond donors (Lipinski definition) is 0. The summed E-state index contributed by atoms with van der Waals surface area (Å²) in [4.78, 5) is 4.50. The van der Waals surface area contributed by atoms with Gasteiger partial charge in [0, 0.05) is 22.3 Å². The average molecular weight is 332 g/mol. The molecule has 0 saturated heterocycles. The number of nitrogens with zero attached hydrogens (tertiary/aromatic N) is 1. The second-order valence-electron chi connectivity index (χ2n) is 4.34. The highest BCUT2D eigenvalue weighted by molar-refractivity contribution is 9.08. The summed E-state index contributed by atoms with van der Waals surface area (Å²) in [5.41, 5.74) is 1.77. The van der Waals surface area contributed by atoms with Crippen LogP contribution >= 0.6 is 15.9 Å². The van der Waals surface area contributed by atoms with Crippen molar-refractivity contribution in [2.24, 2.45) is 0 Å². The van der Waals surface area contributed by atoms with E-state index in [1.54, 1.807) is 12.1 Å². The number of para-hydroxylation sites is 1. The van der Waals surface area contributed by atoms with E-state index in [2.05, 4.69) is 20.9 Å². The highest BCUT2D eigenvalue weighted by Gasteiger charge is 2.08. The third-order valence-electron chi connectivity index (χ3n) is 2.92. The van der Waals surface area contributed by atoms with E-state index in [0.717, 1.165) is 16.5 Å². The van der Waals surface area contributed by atoms with E-state index in [4.69, 9.17) is 4.74 Å². The Morgan fingerprint density at radius 1 is 1.05 bits per heavy atom. The van der Waals surface area contributed by atoms with Crippen LogP contribution in [0.5, 0.6) is 11.6 Å². The molecule has 4 heteroatoms. The van der Waals surface area contributed by atoms with Crippen molar-refractivity contribution in [3.63, 3.8) is 0 Å². The standard InChI is InChI=1S/C16H11BrFNO/c17-10-12-8-11-4-1-2-7-15(11)19-16(12)20-14-6-3-5-13(18)9-14/h1-9H,10H2. The predicted octanol–water partition coefficient (Wildman–Crippen LogP) is 5.06. The quantitative estimate of drug-likeness (QED) is 0.626. The van der Waals surface area contributed by atoms with Gasteiger partial charge in [-0.25, -0.2) is 9.37 Å². The summed E-state index contributed by atoms with van der Waals surface area (Å²) in [5, 5.41) is 1.67. The molecule has 0 spiro atoms. The SMILES string of the molecule is Fc1cccc(Oc2nc3ccccc3cc2CBr)c1. The van der Waals surface area contributed by atoms with E-state index in [-0.39, 0.29) is 5.82 Å². The first-order valence-electron chi connectivity index (χ1n) is 6.14. The van der Waals surface area contributed by atoms with E-state index < -0.39 is 0 Å². The van der Waals surface area contributed by atoms with Crippen molar-refractivity contribution in [2.45, 2.75) is 5.33 Å². The molecule has 3 rings (SSSR count). The first-order chi connectivity index (χ1) is 9.76. The van der Waals surface area contributed by atoms with Crippen molar-refractivity contribution < 1.29 is 9.13 Å². The topological polar surface area (TPSA) is 22.1 Å². The largest absolute Gasteiger partial charge is 0.439 e. The van der Waals surface area contributed by atoms with Crippen molar-refractivity contribution in [3.8, 4) is 11.6 Å². The first-order valence-corrected chi connectivity index (χ1v) is 7.26. The Kier molecular flexibility index (Phi) is 3.65. The summed E-state index contributed by atoms with van der Waals surface area (Å²) >= 11 is 3.43. The Labute approximate surface area is 124 Å². The Hall–Kier alpha value is -1.94. The maximum absolute atomic E-state index is 13.2. The third kappa shape index (κ3) is 2.65. The molecule has 1 heterocycles. The zero-order valence-electron chi connectivity index (χ0n) is 10.5. The van der Waals surface area contributed by atoms with Crippen molar-refractivity contribution >= 4 is 26.8 Å². The van der Waals surface area contributed by atoms with Crippen LogP contribution in [-0.4, -0.2) is 4.98 Å². The highest BCUT2D eigenvalue weighted by atomic mass is 79.9. The minimum absolute atomic E-state index is 0.330. The molecule has 2 nitrogen and oxygen atoms in total. The lowest BCUT2D eigenvalue weighted by molar-refractivity contribution is 0.456. The molecule has 100 valence electrons. The molecule has 20 heavy (non-hydrogen) atoms. The molecular weight excluding hydrogens is 321 g/mol. The van der Waals surface area contributed by atoms with Gasteiger partial charge in [-0.3, -0.25) is 0 Å². The Balaban J connectivity index is 2.05. The van der Waals surface area contributed by atoms with Gasteiger partial charge in [-0.15, -0.1) is 0 Å². The maximum Gasteiger partial charge on any atom is 0.223 e. The molecule has 0 aliphatic carbocycles. The van der Waals surface area contributed by atoms with Crippen LogP contribution in [0.25, 0.3) is 10.9 Å². The molecule has 2 aromatic carbocycles. The molecule has 0 aliphatic heterocycles. The predicted molar refractivity (Wildman–Crippen MR) is 80.8 cm³/mol. The fourth-order valence-corrected chi connectivity index (χ4v) is 2.37. The Morgan fingerprint density at radius 3 is 2.70 bits per heavy atom. The van der Waals surface area contributed by atoms with Gasteiger partial charge in [0.05, 0.1) is 5.52 Å². The Morgan fingerprint density at radius 2 is 1.90 bits per heavy atom. The van der Waals surface area contributed by atoms with Gasteiger partial charge in [-0.05, 0) is 24.3 Å². The molecule has 0 fully saturated rings. The van der Waals surface area contributed by atoms with Crippen molar-refractivity contribution in [1.82, 2.24) is 4.98 Å². The number of fused-ring (bicyclic) bond motifs is 1. The van der Waals surface area contributed by atoms with Gasteiger partial charge in [-0.2, -0.15) is 0 Å². The molecule has 0 N–H and O–H groups in total. The smallest absolute Gasteiger partial charge is 0.223 e. The normalized spacial score (nSPS) is 10.7. The number of rotatable bonds is 3. The lowest BCUT2D eigenvalue weighted by Crippen LogP contribution is -1.94. The summed E-state index contributed by atoms with van der Waals surface area (Å²) < 4.78 is 18.9. The van der Waals surface area contributed by atoms with Crippen LogP contribution in [0, 0.1) is 5.82 Å². The summed E-state index contributed by atoms with van der Waals surface area (Å²) in [6.07, 6.45) is 0. The number of pyridine rings is 1. The lowest BCUT2D eigenvalue weighted by atomic mass is 10.2. The molecule has 1 aromatic heterocycles. The van der Waals surface area contributed by atoms with Crippen LogP contribution in [0.4, 0.5) is 4.39 Å². The van der Waals surface area contributed by atoms with Crippen LogP contribution in [-0.2, 0) is 5.33 Å². The monoisotopic (exact) mass is 331 g/mol. The zero-order valence-corrected chi connectivity index (χ0v) is 12.1. The summed E-state index contributed by atoms with van der Waals surface area (Å²) in [6, 6.07) is 15.9. The van der Waals surface area contributed by atoms with Gasteiger partial charge in [-0.1, -0.05) is 40.2 Å². The second-order valence-corrected chi connectivity index (χ2v) is 4.90. The fourth-order valence-electron chi connectivity index (χ4n) is 1.97. The molecule has 3 aromatic rings. The van der Waals surface area contributed by atoms with Crippen molar-refractivity contribution in [2.75, 3.05) is 0 Å². The highest BCUT2D eigenvalue weighted by Crippen LogP contribution is 2.28. The number of ether oxygens (including phenoxy) is 1. The number of aromatic nitrogens is 1. The van der Waals surface area contributed by atoms with Crippen LogP contribution in [0.15, 0.2) is 54.6 Å². The van der Waals surface area contributed by atoms with Crippen molar-refractivity contribution in [3.05, 3.63) is 66.0 Å². The lowest BCUT2D eigenvalue weighted by Gasteiger charge is -2.10. The number of benzene rings is 2. The average Bonchev–Trinajstić information content (AvgIpc) is 2.46. The number of alkyl halides is 1. The van der Waals surface area contributed by atoms with E-state index in [1.807, 2.05) is 30.3 Å². The van der Waals surface area contributed by atoms with Gasteiger partial charge < -0.3 is 4.74 Å². The number of hydrogen-bond acceptors (Lipinski definition) is 2. The minimum atomic E-state index is -0.330. The van der Waals surface area contributed by atoms with Gasteiger partial charge in [0.25, 0.3) is 0 Å². The van der Waals surface area contributed by atoms with Crippen LogP contribution in [0.1, 0.15) is 5.56 Å². The van der Waals surface area contributed by atoms with Gasteiger partial charge >= 0.3 is 0 Å². The van der Waals surface area contributed by atoms with Crippen LogP contribution in [0.3, 0.4) is 0 Å². The zero-order chi connectivity index (χ0) is 13.9. The molecule has 0 aliphatic rings. The molecule has 0 unspecified atom stereocenters. The minimum Gasteiger partial charge on any atom is -0.439 e. The van der Waals surface area contributed by atoms with Crippen molar-refractivity contribution in [1.29, 1.82) is 0 Å². The molecule has 0 amide bonds. The van der Waals surface area contributed by atoms with E-state index in [9.17, 15) is 4.39 Å². The Bertz CT molecular complexity index is 760. The summed E-state index contributed by atoms with van der Waals surface area (Å²) in [7, 11) is 0. The molecule has 0 bridgehead atoms. The van der Waals surface area contributed by atoms with Gasteiger partial charge in [0.1, 0.15) is 11.6 Å². The van der Waals surface area contributed by atoms with Crippen LogP contribution < -0.4 is 4.74 Å². The molecule has 0 atom stereocenters. The number of halogens is 2. The fraction of sp³-hybridized carbons (Fsp3) is 0.0625.